The minimum Gasteiger partial charge on any atom is -0.320 e. The molecule has 0 aromatic carbocycles. The molecule has 0 bridgehead atoms. The van der Waals surface area contributed by atoms with Crippen molar-refractivity contribution in [2.24, 2.45) is 0 Å². The maximum Gasteiger partial charge on any atom is -0.00804 e. The normalized spacial score (nSPS) is 6.50. The molecule has 20 heavy (non-hydrogen) atoms. The molecule has 130 valence electrons. The van der Waals surface area contributed by atoms with E-state index in [1.54, 1.807) is 0 Å². The van der Waals surface area contributed by atoms with Gasteiger partial charge in [-0.3, -0.25) is 0 Å². The Hall–Kier alpha value is -0.340. The zero-order chi connectivity index (χ0) is 17.7. The summed E-state index contributed by atoms with van der Waals surface area (Å²) in [5.74, 6) is 0. The highest BCUT2D eigenvalue weighted by molar-refractivity contribution is 4.31. The molecular weight excluding hydrogens is 244 g/mol. The van der Waals surface area contributed by atoms with Crippen molar-refractivity contribution in [3.63, 3.8) is 0 Å². The molecule has 0 atom stereocenters. The SMILES string of the molecule is C=C.CC.CC.CCCCCC.CCNC.CCNC. The molecule has 0 amide bonds. The fourth-order valence-electron chi connectivity index (χ4n) is 0.500. The van der Waals surface area contributed by atoms with Crippen LogP contribution in [0.25, 0.3) is 0 Å². The highest BCUT2D eigenvalue weighted by atomic mass is 14.8. The molecule has 0 spiro atoms. The predicted molar refractivity (Wildman–Crippen MR) is 103 cm³/mol. The van der Waals surface area contributed by atoms with Gasteiger partial charge in [0.2, 0.25) is 0 Å². The predicted octanol–water partition coefficient (Wildman–Crippen LogP) is 5.89. The second kappa shape index (κ2) is 99.2. The molecule has 0 unspecified atom stereocenters. The number of hydrogen-bond donors (Lipinski definition) is 2. The largest absolute Gasteiger partial charge is 0.320 e. The van der Waals surface area contributed by atoms with Gasteiger partial charge in [0, 0.05) is 0 Å². The van der Waals surface area contributed by atoms with E-state index in [-0.39, 0.29) is 0 Å². The Labute approximate surface area is 132 Å². The lowest BCUT2D eigenvalue weighted by atomic mass is 10.2. The Morgan fingerprint density at radius 1 is 0.600 bits per heavy atom. The van der Waals surface area contributed by atoms with Gasteiger partial charge >= 0.3 is 0 Å². The van der Waals surface area contributed by atoms with Crippen molar-refractivity contribution < 1.29 is 0 Å². The number of rotatable bonds is 5. The topological polar surface area (TPSA) is 24.1 Å². The third-order valence-corrected chi connectivity index (χ3v) is 1.66. The van der Waals surface area contributed by atoms with Gasteiger partial charge in [0.25, 0.3) is 0 Å². The average Bonchev–Trinajstić information content (AvgIpc) is 2.58. The molecule has 2 N–H and O–H groups in total. The molecule has 2 heteroatoms. The molecule has 0 aliphatic carbocycles. The van der Waals surface area contributed by atoms with Gasteiger partial charge < -0.3 is 10.6 Å². The van der Waals surface area contributed by atoms with Crippen LogP contribution in [0.5, 0.6) is 0 Å². The van der Waals surface area contributed by atoms with Crippen LogP contribution in [0.4, 0.5) is 0 Å². The minimum absolute atomic E-state index is 1.07. The Morgan fingerprint density at radius 2 is 0.750 bits per heavy atom. The Kier molecular flexibility index (Phi) is 182. The van der Waals surface area contributed by atoms with Gasteiger partial charge in [-0.05, 0) is 27.2 Å². The summed E-state index contributed by atoms with van der Waals surface area (Å²) < 4.78 is 0. The molecule has 2 nitrogen and oxygen atoms in total. The Morgan fingerprint density at radius 3 is 0.800 bits per heavy atom. The van der Waals surface area contributed by atoms with Crippen LogP contribution in [0.3, 0.4) is 0 Å². The molecule has 0 saturated carbocycles. The lowest BCUT2D eigenvalue weighted by molar-refractivity contribution is 0.702. The summed E-state index contributed by atoms with van der Waals surface area (Å²) in [6, 6.07) is 0. The average molecular weight is 293 g/mol. The zero-order valence-corrected chi connectivity index (χ0v) is 16.7. The molecule has 0 radical (unpaired) electrons. The second-order valence-electron chi connectivity index (χ2n) is 3.12. The molecule has 0 fully saturated rings. The summed E-state index contributed by atoms with van der Waals surface area (Å²) in [5, 5.41) is 5.86. The van der Waals surface area contributed by atoms with Gasteiger partial charge in [-0.25, -0.2) is 0 Å². The van der Waals surface area contributed by atoms with Crippen LogP contribution in [0.1, 0.15) is 81.1 Å². The van der Waals surface area contributed by atoms with Crippen LogP contribution in [-0.2, 0) is 0 Å². The van der Waals surface area contributed by atoms with Crippen molar-refractivity contribution in [1.82, 2.24) is 10.6 Å². The maximum absolute atomic E-state index is 3.00. The van der Waals surface area contributed by atoms with Crippen LogP contribution < -0.4 is 10.6 Å². The van der Waals surface area contributed by atoms with E-state index in [4.69, 9.17) is 0 Å². The second-order valence-corrected chi connectivity index (χ2v) is 3.12. The quantitative estimate of drug-likeness (QED) is 0.487. The summed E-state index contributed by atoms with van der Waals surface area (Å²) in [6.45, 7) is 24.7. The summed E-state index contributed by atoms with van der Waals surface area (Å²) in [6.07, 6.45) is 5.54. The van der Waals surface area contributed by atoms with Crippen molar-refractivity contribution in [3.8, 4) is 0 Å². The van der Waals surface area contributed by atoms with Crippen LogP contribution in [0, 0.1) is 0 Å². The smallest absolute Gasteiger partial charge is 0.00804 e. The molecule has 0 aromatic rings. The third kappa shape index (κ3) is 226. The first kappa shape index (κ1) is 36.7. The van der Waals surface area contributed by atoms with Crippen molar-refractivity contribution in [2.75, 3.05) is 27.2 Å². The molecule has 0 rings (SSSR count). The lowest BCUT2D eigenvalue weighted by Gasteiger charge is -1.86. The minimum atomic E-state index is 1.07. The van der Waals surface area contributed by atoms with Crippen LogP contribution in [0.15, 0.2) is 13.2 Å². The van der Waals surface area contributed by atoms with E-state index < -0.39 is 0 Å². The van der Waals surface area contributed by atoms with E-state index in [1.165, 1.54) is 25.7 Å². The summed E-state index contributed by atoms with van der Waals surface area (Å²) >= 11 is 0. The molecule has 0 heterocycles. The molecule has 0 saturated heterocycles. The standard InChI is InChI=1S/C6H14.2C3H9N.2C2H6.C2H4/c1-3-5-6-4-2;2*1-3-4-2;3*1-2/h3-6H2,1-2H3;2*4H,3H2,1-2H3;2*1-2H3;1-2H2. The summed E-state index contributed by atoms with van der Waals surface area (Å²) in [4.78, 5) is 0. The molecular formula is C18H48N2. The van der Waals surface area contributed by atoms with Gasteiger partial charge in [0.1, 0.15) is 0 Å². The monoisotopic (exact) mass is 292 g/mol. The van der Waals surface area contributed by atoms with Crippen LogP contribution in [-0.4, -0.2) is 27.2 Å². The molecule has 0 aliphatic heterocycles. The van der Waals surface area contributed by atoms with E-state index in [1.807, 2.05) is 41.8 Å². The zero-order valence-electron chi connectivity index (χ0n) is 16.7. The number of hydrogen-bond acceptors (Lipinski definition) is 2. The van der Waals surface area contributed by atoms with Crippen molar-refractivity contribution in [2.45, 2.75) is 81.1 Å². The summed E-state index contributed by atoms with van der Waals surface area (Å²) in [7, 11) is 3.86. The van der Waals surface area contributed by atoms with Gasteiger partial charge in [-0.15, -0.1) is 13.2 Å². The third-order valence-electron chi connectivity index (χ3n) is 1.66. The van der Waals surface area contributed by atoms with Crippen molar-refractivity contribution in [3.05, 3.63) is 13.2 Å². The molecule has 0 aromatic heterocycles. The molecule has 0 aliphatic rings. The Bertz CT molecular complexity index is 54.4. The first-order valence-corrected chi connectivity index (χ1v) is 8.54. The fraction of sp³-hybridized carbons (Fsp3) is 0.889. The lowest BCUT2D eigenvalue weighted by Crippen LogP contribution is -2.01. The first-order valence-electron chi connectivity index (χ1n) is 8.54. The van der Waals surface area contributed by atoms with E-state index in [2.05, 4.69) is 51.5 Å². The first-order chi connectivity index (χ1) is 9.74. The number of unbranched alkanes of at least 4 members (excludes halogenated alkanes) is 3. The van der Waals surface area contributed by atoms with Gasteiger partial charge in [0.15, 0.2) is 0 Å². The van der Waals surface area contributed by atoms with Gasteiger partial charge in [0.05, 0.1) is 0 Å². The number of nitrogens with one attached hydrogen (secondary N) is 2. The highest BCUT2D eigenvalue weighted by Gasteiger charge is 1.75. The Balaban J connectivity index is -0.0000000315. The van der Waals surface area contributed by atoms with E-state index in [9.17, 15) is 0 Å². The highest BCUT2D eigenvalue weighted by Crippen LogP contribution is 1.95. The van der Waals surface area contributed by atoms with Crippen LogP contribution in [0.2, 0.25) is 0 Å². The van der Waals surface area contributed by atoms with E-state index >= 15 is 0 Å². The maximum atomic E-state index is 3.00. The van der Waals surface area contributed by atoms with E-state index in [0.29, 0.717) is 0 Å². The summed E-state index contributed by atoms with van der Waals surface area (Å²) in [5.41, 5.74) is 0. The van der Waals surface area contributed by atoms with Gasteiger partial charge in [-0.2, -0.15) is 0 Å². The fourth-order valence-corrected chi connectivity index (χ4v) is 0.500. The van der Waals surface area contributed by atoms with Gasteiger partial charge in [-0.1, -0.05) is 81.1 Å². The van der Waals surface area contributed by atoms with E-state index in [0.717, 1.165) is 13.1 Å². The van der Waals surface area contributed by atoms with Crippen molar-refractivity contribution >= 4 is 0 Å². The van der Waals surface area contributed by atoms with Crippen molar-refractivity contribution in [1.29, 1.82) is 0 Å². The van der Waals surface area contributed by atoms with Crippen LogP contribution >= 0.6 is 0 Å².